The lowest BCUT2D eigenvalue weighted by atomic mass is 9.92. The van der Waals surface area contributed by atoms with Crippen LogP contribution in [0.3, 0.4) is 0 Å². The Morgan fingerprint density at radius 3 is 1.48 bits per heavy atom. The van der Waals surface area contributed by atoms with Crippen molar-refractivity contribution in [2.75, 3.05) is 47.5 Å². The predicted octanol–water partition coefficient (Wildman–Crippen LogP) is 6.51. The minimum absolute atomic E-state index is 0.157. The van der Waals surface area contributed by atoms with Crippen LogP contribution in [-0.4, -0.2) is 75.5 Å². The molecule has 0 aromatic carbocycles. The SMILES string of the molecule is NCCCNc1cc(-c2cc(N[C@H]3CC[C@H](N)CC3)ncc2Cl)ccn1.N[C@H]1CC[C@H](Nc2cc(-c3ccnc(NCCCO)c3)c(Cl)cn2)CC1. The van der Waals surface area contributed by atoms with Crippen molar-refractivity contribution >= 4 is 46.5 Å². The molecule has 0 radical (unpaired) electrons. The highest BCUT2D eigenvalue weighted by molar-refractivity contribution is 6.33. The number of halogens is 2. The maximum atomic E-state index is 8.89. The highest BCUT2D eigenvalue weighted by atomic mass is 35.5. The van der Waals surface area contributed by atoms with E-state index in [2.05, 4.69) is 41.2 Å². The number of aliphatic hydroxyl groups is 1. The van der Waals surface area contributed by atoms with Gasteiger partial charge in [-0.25, -0.2) is 19.9 Å². The van der Waals surface area contributed by atoms with E-state index in [0.717, 1.165) is 110 Å². The largest absolute Gasteiger partial charge is 0.396 e. The summed E-state index contributed by atoms with van der Waals surface area (Å²) in [6.45, 7) is 2.29. The minimum atomic E-state index is 0.157. The van der Waals surface area contributed by atoms with Gasteiger partial charge in [0.1, 0.15) is 23.3 Å². The minimum Gasteiger partial charge on any atom is -0.396 e. The van der Waals surface area contributed by atoms with Crippen LogP contribution < -0.4 is 38.5 Å². The van der Waals surface area contributed by atoms with Gasteiger partial charge >= 0.3 is 0 Å². The van der Waals surface area contributed by atoms with Crippen molar-refractivity contribution in [2.24, 2.45) is 17.2 Å². The molecule has 0 atom stereocenters. The van der Waals surface area contributed by atoms with E-state index in [9.17, 15) is 0 Å². The Morgan fingerprint density at radius 2 is 1.06 bits per heavy atom. The molecule has 4 aromatic rings. The van der Waals surface area contributed by atoms with Crippen LogP contribution in [0.15, 0.2) is 61.2 Å². The molecule has 2 fully saturated rings. The zero-order valence-corrected chi connectivity index (χ0v) is 31.2. The summed E-state index contributed by atoms with van der Waals surface area (Å²) < 4.78 is 0. The molecule has 0 unspecified atom stereocenters. The summed E-state index contributed by atoms with van der Waals surface area (Å²) in [6.07, 6.45) is 17.0. The molecule has 280 valence electrons. The topological polar surface area (TPSA) is 198 Å². The second-order valence-electron chi connectivity index (χ2n) is 13.5. The Bertz CT molecular complexity index is 1560. The van der Waals surface area contributed by atoms with Gasteiger partial charge in [-0.05, 0) is 118 Å². The molecule has 0 aliphatic heterocycles. The van der Waals surface area contributed by atoms with Crippen molar-refractivity contribution in [3.05, 3.63) is 71.2 Å². The second-order valence-corrected chi connectivity index (χ2v) is 14.4. The predicted molar refractivity (Wildman–Crippen MR) is 215 cm³/mol. The van der Waals surface area contributed by atoms with Gasteiger partial charge in [0.2, 0.25) is 0 Å². The fraction of sp³-hybridized carbons (Fsp3) is 0.474. The third kappa shape index (κ3) is 12.1. The Hall–Kier alpha value is -3.78. The van der Waals surface area contributed by atoms with Crippen molar-refractivity contribution in [1.82, 2.24) is 19.9 Å². The van der Waals surface area contributed by atoms with Gasteiger partial charge in [-0.15, -0.1) is 0 Å². The van der Waals surface area contributed by atoms with Crippen LogP contribution in [0.1, 0.15) is 64.2 Å². The van der Waals surface area contributed by atoms with Crippen molar-refractivity contribution in [1.29, 1.82) is 0 Å². The van der Waals surface area contributed by atoms with E-state index in [-0.39, 0.29) is 6.61 Å². The standard InChI is InChI=1S/C19H27ClN6.C19H26ClN5O/c20-17-12-25-19(26-15-4-2-14(22)3-5-15)11-16(17)13-6-9-24-18(10-13)23-8-1-7-21;20-17-12-24-19(25-15-4-2-14(21)3-5-15)11-16(17)13-6-8-23-18(10-13)22-7-1-9-26/h6,9-12,14-15H,1-5,7-8,21-22H2,(H,23,24)(H,25,26);6,8,10-12,14-15,26H,1-5,7,9,21H2,(H,22,23)(H,24,25)/t2*14-,15-. The molecule has 2 aliphatic carbocycles. The van der Waals surface area contributed by atoms with E-state index in [1.165, 1.54) is 0 Å². The number of aliphatic hydroxyl groups excluding tert-OH is 1. The molecule has 0 amide bonds. The molecular formula is C38H53Cl2N11O. The van der Waals surface area contributed by atoms with Gasteiger partial charge in [-0.2, -0.15) is 0 Å². The van der Waals surface area contributed by atoms with Gasteiger partial charge in [-0.1, -0.05) is 23.2 Å². The smallest absolute Gasteiger partial charge is 0.126 e. The number of anilines is 4. The number of nitrogens with zero attached hydrogens (tertiary/aromatic N) is 4. The highest BCUT2D eigenvalue weighted by Gasteiger charge is 2.20. The first-order valence-electron chi connectivity index (χ1n) is 18.4. The van der Waals surface area contributed by atoms with Crippen LogP contribution in [0, 0.1) is 0 Å². The number of nitrogens with one attached hydrogen (secondary N) is 4. The van der Waals surface area contributed by atoms with Gasteiger partial charge in [0.25, 0.3) is 0 Å². The Labute approximate surface area is 317 Å². The summed E-state index contributed by atoms with van der Waals surface area (Å²) in [6, 6.07) is 13.3. The Morgan fingerprint density at radius 1 is 0.615 bits per heavy atom. The van der Waals surface area contributed by atoms with E-state index >= 15 is 0 Å². The number of nitrogens with two attached hydrogens (primary N) is 3. The summed E-state index contributed by atoms with van der Waals surface area (Å²) in [5, 5.41) is 23.6. The maximum Gasteiger partial charge on any atom is 0.126 e. The fourth-order valence-electron chi connectivity index (χ4n) is 6.43. The maximum absolute atomic E-state index is 8.89. The number of hydrogen-bond donors (Lipinski definition) is 8. The van der Waals surface area contributed by atoms with E-state index in [1.807, 2.05) is 36.4 Å². The monoisotopic (exact) mass is 749 g/mol. The molecule has 52 heavy (non-hydrogen) atoms. The van der Waals surface area contributed by atoms with Crippen LogP contribution in [0.2, 0.25) is 10.0 Å². The van der Waals surface area contributed by atoms with Crippen LogP contribution in [0.5, 0.6) is 0 Å². The van der Waals surface area contributed by atoms with Crippen LogP contribution in [-0.2, 0) is 0 Å². The van der Waals surface area contributed by atoms with Gasteiger partial charge < -0.3 is 43.6 Å². The normalized spacial score (nSPS) is 20.0. The van der Waals surface area contributed by atoms with E-state index < -0.39 is 0 Å². The number of hydrogen-bond acceptors (Lipinski definition) is 12. The zero-order valence-electron chi connectivity index (χ0n) is 29.7. The first-order chi connectivity index (χ1) is 25.3. The third-order valence-corrected chi connectivity index (χ3v) is 10.0. The molecule has 2 aliphatic rings. The van der Waals surface area contributed by atoms with E-state index in [4.69, 9.17) is 45.5 Å². The first kappa shape index (κ1) is 39.4. The quantitative estimate of drug-likeness (QED) is 0.0651. The lowest BCUT2D eigenvalue weighted by Gasteiger charge is -2.27. The van der Waals surface area contributed by atoms with Gasteiger partial charge in [0.05, 0.1) is 10.0 Å². The average Bonchev–Trinajstić information content (AvgIpc) is 3.16. The first-order valence-corrected chi connectivity index (χ1v) is 19.1. The summed E-state index contributed by atoms with van der Waals surface area (Å²) >= 11 is 12.8. The molecule has 4 aromatic heterocycles. The average molecular weight is 751 g/mol. The molecule has 14 heteroatoms. The number of aromatic nitrogens is 4. The lowest BCUT2D eigenvalue weighted by molar-refractivity contribution is 0.292. The van der Waals surface area contributed by atoms with Gasteiger partial charge in [0.15, 0.2) is 0 Å². The highest BCUT2D eigenvalue weighted by Crippen LogP contribution is 2.33. The number of pyridine rings is 4. The molecule has 12 nitrogen and oxygen atoms in total. The zero-order chi connectivity index (χ0) is 36.7. The molecule has 0 bridgehead atoms. The molecule has 6 rings (SSSR count). The van der Waals surface area contributed by atoms with Gasteiger partial charge in [0, 0.05) is 79.8 Å². The Kier molecular flexibility index (Phi) is 15.5. The summed E-state index contributed by atoms with van der Waals surface area (Å²) in [5.41, 5.74) is 21.4. The molecule has 11 N–H and O–H groups in total. The van der Waals surface area contributed by atoms with Crippen molar-refractivity contribution < 1.29 is 5.11 Å². The van der Waals surface area contributed by atoms with Crippen LogP contribution in [0.4, 0.5) is 23.3 Å². The van der Waals surface area contributed by atoms with Crippen molar-refractivity contribution in [3.8, 4) is 22.3 Å². The summed E-state index contributed by atoms with van der Waals surface area (Å²) in [5.74, 6) is 3.26. The van der Waals surface area contributed by atoms with E-state index in [1.54, 1.807) is 24.8 Å². The molecular weight excluding hydrogens is 697 g/mol. The number of rotatable bonds is 14. The molecule has 0 saturated heterocycles. The molecule has 2 saturated carbocycles. The fourth-order valence-corrected chi connectivity index (χ4v) is 6.85. The van der Waals surface area contributed by atoms with E-state index in [0.29, 0.717) is 53.7 Å². The third-order valence-electron chi connectivity index (χ3n) is 9.43. The molecule has 4 heterocycles. The summed E-state index contributed by atoms with van der Waals surface area (Å²) in [4.78, 5) is 17.5. The van der Waals surface area contributed by atoms with Crippen LogP contribution >= 0.6 is 23.2 Å². The lowest BCUT2D eigenvalue weighted by Crippen LogP contribution is -2.33. The summed E-state index contributed by atoms with van der Waals surface area (Å²) in [7, 11) is 0. The van der Waals surface area contributed by atoms with Crippen LogP contribution in [0.25, 0.3) is 22.3 Å². The molecule has 0 spiro atoms. The van der Waals surface area contributed by atoms with Crippen molar-refractivity contribution in [3.63, 3.8) is 0 Å². The second kappa shape index (κ2) is 20.5. The van der Waals surface area contributed by atoms with Gasteiger partial charge in [-0.3, -0.25) is 0 Å². The van der Waals surface area contributed by atoms with Crippen molar-refractivity contribution in [2.45, 2.75) is 88.4 Å². The Balaban J connectivity index is 0.000000201.